The fraction of sp³-hybridized carbons (Fsp3) is 0.533. The summed E-state index contributed by atoms with van der Waals surface area (Å²) in [6.07, 6.45) is 0. The summed E-state index contributed by atoms with van der Waals surface area (Å²) >= 11 is 0. The number of carbonyl (C=O) groups excluding carboxylic acids is 1. The first-order chi connectivity index (χ1) is 8.90. The number of aryl methyl sites for hydroxylation is 1. The van der Waals surface area contributed by atoms with E-state index in [1.54, 1.807) is 0 Å². The van der Waals surface area contributed by atoms with Crippen molar-refractivity contribution in [2.45, 2.75) is 32.9 Å². The van der Waals surface area contributed by atoms with E-state index in [1.807, 2.05) is 25.1 Å². The Kier molecular flexibility index (Phi) is 3.92. The molecule has 0 aromatic heterocycles. The van der Waals surface area contributed by atoms with Gasteiger partial charge in [0.2, 0.25) is 5.91 Å². The second-order valence-corrected chi connectivity index (χ2v) is 5.92. The van der Waals surface area contributed by atoms with Crippen LogP contribution in [0.15, 0.2) is 18.2 Å². The Morgan fingerprint density at radius 3 is 2.79 bits per heavy atom. The fourth-order valence-electron chi connectivity index (χ4n) is 2.55. The van der Waals surface area contributed by atoms with Crippen LogP contribution in [0, 0.1) is 6.92 Å². The summed E-state index contributed by atoms with van der Waals surface area (Å²) in [5.74, 6) is -0.364. The first-order valence-electron chi connectivity index (χ1n) is 6.75. The van der Waals surface area contributed by atoms with Crippen LogP contribution in [-0.4, -0.2) is 36.0 Å². The number of hydrogen-bond donors (Lipinski definition) is 2. The molecular formula is C15H23N3O. The predicted octanol–water partition coefficient (Wildman–Crippen LogP) is 1.28. The van der Waals surface area contributed by atoms with E-state index in [-0.39, 0.29) is 11.4 Å². The molecule has 1 amide bonds. The zero-order chi connectivity index (χ0) is 14.0. The summed E-state index contributed by atoms with van der Waals surface area (Å²) in [7, 11) is 0. The summed E-state index contributed by atoms with van der Waals surface area (Å²) in [5, 5.41) is 3.43. The molecule has 1 aromatic rings. The molecule has 3 N–H and O–H groups in total. The minimum Gasteiger partial charge on any atom is -0.366 e. The summed E-state index contributed by atoms with van der Waals surface area (Å²) in [6, 6.07) is 5.72. The van der Waals surface area contributed by atoms with Crippen molar-refractivity contribution in [1.29, 1.82) is 0 Å². The number of nitrogens with one attached hydrogen (secondary N) is 1. The molecule has 4 heteroatoms. The van der Waals surface area contributed by atoms with Crippen LogP contribution in [0.3, 0.4) is 0 Å². The zero-order valence-corrected chi connectivity index (χ0v) is 12.0. The van der Waals surface area contributed by atoms with Gasteiger partial charge in [-0.3, -0.25) is 9.69 Å². The van der Waals surface area contributed by atoms with Gasteiger partial charge in [-0.05, 0) is 44.0 Å². The molecular weight excluding hydrogens is 238 g/mol. The molecule has 4 nitrogen and oxygen atoms in total. The lowest BCUT2D eigenvalue weighted by molar-refractivity contribution is 0.0825. The van der Waals surface area contributed by atoms with Crippen molar-refractivity contribution in [2.24, 2.45) is 5.73 Å². The van der Waals surface area contributed by atoms with Crippen LogP contribution in [0.25, 0.3) is 0 Å². The Morgan fingerprint density at radius 1 is 1.47 bits per heavy atom. The molecule has 2 rings (SSSR count). The normalized spacial score (nSPS) is 19.3. The SMILES string of the molecule is Cc1cc(C(N)=O)ccc1CN1CCNCC1(C)C. The quantitative estimate of drug-likeness (QED) is 0.861. The van der Waals surface area contributed by atoms with Gasteiger partial charge in [0.1, 0.15) is 0 Å². The van der Waals surface area contributed by atoms with Crippen molar-refractivity contribution >= 4 is 5.91 Å². The van der Waals surface area contributed by atoms with E-state index in [9.17, 15) is 4.79 Å². The van der Waals surface area contributed by atoms with E-state index in [1.165, 1.54) is 5.56 Å². The smallest absolute Gasteiger partial charge is 0.248 e. The maximum atomic E-state index is 11.2. The van der Waals surface area contributed by atoms with E-state index in [2.05, 4.69) is 24.1 Å². The van der Waals surface area contributed by atoms with Gasteiger partial charge in [-0.2, -0.15) is 0 Å². The van der Waals surface area contributed by atoms with Crippen LogP contribution in [0.2, 0.25) is 0 Å². The third-order valence-electron chi connectivity index (χ3n) is 3.96. The van der Waals surface area contributed by atoms with Gasteiger partial charge in [-0.15, -0.1) is 0 Å². The summed E-state index contributed by atoms with van der Waals surface area (Å²) < 4.78 is 0. The average Bonchev–Trinajstić information content (AvgIpc) is 2.33. The molecule has 0 radical (unpaired) electrons. The minimum absolute atomic E-state index is 0.160. The number of primary amides is 1. The molecule has 0 saturated carbocycles. The van der Waals surface area contributed by atoms with Crippen LogP contribution in [-0.2, 0) is 6.54 Å². The number of hydrogen-bond acceptors (Lipinski definition) is 3. The van der Waals surface area contributed by atoms with Crippen LogP contribution in [0.4, 0.5) is 0 Å². The van der Waals surface area contributed by atoms with Crippen molar-refractivity contribution in [3.8, 4) is 0 Å². The Balaban J connectivity index is 2.17. The van der Waals surface area contributed by atoms with E-state index >= 15 is 0 Å². The molecule has 0 atom stereocenters. The first-order valence-corrected chi connectivity index (χ1v) is 6.75. The molecule has 0 unspecified atom stereocenters. The number of piperazine rings is 1. The highest BCUT2D eigenvalue weighted by Crippen LogP contribution is 2.21. The van der Waals surface area contributed by atoms with Crippen molar-refractivity contribution < 1.29 is 4.79 Å². The Morgan fingerprint density at radius 2 is 2.21 bits per heavy atom. The number of nitrogens with zero attached hydrogens (tertiary/aromatic N) is 1. The molecule has 0 aliphatic carbocycles. The minimum atomic E-state index is -0.364. The van der Waals surface area contributed by atoms with Gasteiger partial charge in [0.25, 0.3) is 0 Å². The summed E-state index contributed by atoms with van der Waals surface area (Å²) in [5.41, 5.74) is 8.44. The van der Waals surface area contributed by atoms with Crippen molar-refractivity contribution in [1.82, 2.24) is 10.2 Å². The number of rotatable bonds is 3. The van der Waals surface area contributed by atoms with Gasteiger partial charge < -0.3 is 11.1 Å². The highest BCUT2D eigenvalue weighted by Gasteiger charge is 2.29. The van der Waals surface area contributed by atoms with Crippen molar-refractivity contribution in [3.63, 3.8) is 0 Å². The van der Waals surface area contributed by atoms with Crippen LogP contribution in [0.5, 0.6) is 0 Å². The highest BCUT2D eigenvalue weighted by molar-refractivity contribution is 5.93. The first kappa shape index (κ1) is 14.0. The largest absolute Gasteiger partial charge is 0.366 e. The van der Waals surface area contributed by atoms with Gasteiger partial charge in [0.05, 0.1) is 0 Å². The van der Waals surface area contributed by atoms with E-state index < -0.39 is 0 Å². The summed E-state index contributed by atoms with van der Waals surface area (Å²) in [4.78, 5) is 13.6. The third kappa shape index (κ3) is 3.14. The molecule has 1 saturated heterocycles. The second kappa shape index (κ2) is 5.31. The molecule has 0 bridgehead atoms. The van der Waals surface area contributed by atoms with E-state index in [0.717, 1.165) is 31.7 Å². The number of carbonyl (C=O) groups is 1. The van der Waals surface area contributed by atoms with Gasteiger partial charge in [0, 0.05) is 37.3 Å². The average molecular weight is 261 g/mol. The van der Waals surface area contributed by atoms with Crippen LogP contribution < -0.4 is 11.1 Å². The molecule has 0 spiro atoms. The number of nitrogens with two attached hydrogens (primary N) is 1. The van der Waals surface area contributed by atoms with Crippen LogP contribution >= 0.6 is 0 Å². The monoisotopic (exact) mass is 261 g/mol. The van der Waals surface area contributed by atoms with Crippen molar-refractivity contribution in [2.75, 3.05) is 19.6 Å². The zero-order valence-electron chi connectivity index (χ0n) is 12.0. The Bertz CT molecular complexity index is 482. The van der Waals surface area contributed by atoms with Gasteiger partial charge >= 0.3 is 0 Å². The molecule has 1 fully saturated rings. The lowest BCUT2D eigenvalue weighted by Gasteiger charge is -2.43. The van der Waals surface area contributed by atoms with Crippen molar-refractivity contribution in [3.05, 3.63) is 34.9 Å². The predicted molar refractivity (Wildman–Crippen MR) is 77.1 cm³/mol. The maximum absolute atomic E-state index is 11.2. The Hall–Kier alpha value is -1.39. The maximum Gasteiger partial charge on any atom is 0.248 e. The standard InChI is InChI=1S/C15H23N3O/c1-11-8-12(14(16)19)4-5-13(11)9-18-7-6-17-10-15(18,2)3/h4-5,8,17H,6-7,9-10H2,1-3H3,(H2,16,19). The number of benzene rings is 1. The fourth-order valence-corrected chi connectivity index (χ4v) is 2.55. The highest BCUT2D eigenvalue weighted by atomic mass is 16.1. The lowest BCUT2D eigenvalue weighted by Crippen LogP contribution is -2.57. The summed E-state index contributed by atoms with van der Waals surface area (Å²) in [6.45, 7) is 10.5. The topological polar surface area (TPSA) is 58.4 Å². The van der Waals surface area contributed by atoms with Crippen LogP contribution in [0.1, 0.15) is 35.3 Å². The van der Waals surface area contributed by atoms with Gasteiger partial charge in [-0.1, -0.05) is 6.07 Å². The molecule has 104 valence electrons. The Labute approximate surface area is 115 Å². The lowest BCUT2D eigenvalue weighted by atomic mass is 9.97. The molecule has 1 aliphatic rings. The molecule has 1 heterocycles. The molecule has 1 aliphatic heterocycles. The van der Waals surface area contributed by atoms with Gasteiger partial charge in [0.15, 0.2) is 0 Å². The molecule has 1 aromatic carbocycles. The second-order valence-electron chi connectivity index (χ2n) is 5.92. The molecule has 19 heavy (non-hydrogen) atoms. The third-order valence-corrected chi connectivity index (χ3v) is 3.96. The number of amides is 1. The van der Waals surface area contributed by atoms with E-state index in [4.69, 9.17) is 5.73 Å². The van der Waals surface area contributed by atoms with E-state index in [0.29, 0.717) is 5.56 Å². The van der Waals surface area contributed by atoms with Gasteiger partial charge in [-0.25, -0.2) is 0 Å².